The number of ether oxygens (including phenoxy) is 2. The highest BCUT2D eigenvalue weighted by atomic mass is 32.1. The Bertz CT molecular complexity index is 1660. The summed E-state index contributed by atoms with van der Waals surface area (Å²) in [5.41, 5.74) is 3.95. The van der Waals surface area contributed by atoms with Gasteiger partial charge in [-0.15, -0.1) is 5.10 Å². The highest BCUT2D eigenvalue weighted by Gasteiger charge is 2.61. The van der Waals surface area contributed by atoms with E-state index in [4.69, 9.17) is 17.0 Å². The average molecular weight is 613 g/mol. The van der Waals surface area contributed by atoms with Crippen LogP contribution in [0.1, 0.15) is 18.4 Å². The molecular weight excluding hydrogens is 587 g/mol. The second-order valence-electron chi connectivity index (χ2n) is 9.72. The van der Waals surface area contributed by atoms with E-state index in [1.54, 1.807) is 7.11 Å². The molecule has 2 unspecified atom stereocenters. The minimum absolute atomic E-state index is 0.101. The van der Waals surface area contributed by atoms with Crippen molar-refractivity contribution in [2.45, 2.75) is 25.1 Å². The molecule has 0 radical (unpaired) electrons. The smallest absolute Gasteiger partial charge is 0.496 e. The minimum atomic E-state index is -5.83. The van der Waals surface area contributed by atoms with Crippen molar-refractivity contribution < 1.29 is 31.4 Å². The van der Waals surface area contributed by atoms with Crippen LogP contribution < -0.4 is 14.8 Å². The van der Waals surface area contributed by atoms with Crippen molar-refractivity contribution in [2.75, 3.05) is 12.4 Å². The Hall–Kier alpha value is -4.58. The fraction of sp³-hybridized carbons (Fsp3) is 0.194. The van der Waals surface area contributed by atoms with Crippen LogP contribution in [-0.4, -0.2) is 39.1 Å². The molecule has 1 aliphatic carbocycles. The zero-order valence-electron chi connectivity index (χ0n) is 22.8. The number of methoxy groups -OCH3 is 1. The van der Waals surface area contributed by atoms with Crippen molar-refractivity contribution in [2.24, 2.45) is 5.92 Å². The van der Waals surface area contributed by atoms with Gasteiger partial charge in [0.2, 0.25) is 0 Å². The predicted molar refractivity (Wildman–Crippen MR) is 157 cm³/mol. The number of aromatic nitrogens is 3. The third kappa shape index (κ3) is 6.43. The largest absolute Gasteiger partial charge is 0.499 e. The number of hydrogen-bond acceptors (Lipinski definition) is 5. The summed E-state index contributed by atoms with van der Waals surface area (Å²) >= 11 is 5.76. The summed E-state index contributed by atoms with van der Waals surface area (Å²) in [5, 5.41) is 7.68. The number of allylic oxidation sites excluding steroid dienone is 3. The van der Waals surface area contributed by atoms with Crippen LogP contribution in [0.25, 0.3) is 17.1 Å². The standard InChI is InChI=1S/C31H25F5N4O2S/c1-19-24(26-6-3-4-9-27(26)41-2)7-5-8-25(19)29(43)38-21-12-10-20(11-13-21)28-37-18-40(39-28)22-14-16-23(17-15-22)42-31(35,36)30(32,33)34/h3-19,24H,1-2H3,(H,38,43). The van der Waals surface area contributed by atoms with E-state index >= 15 is 0 Å². The van der Waals surface area contributed by atoms with E-state index in [0.29, 0.717) is 22.1 Å². The number of nitrogens with one attached hydrogen (secondary N) is 1. The van der Waals surface area contributed by atoms with Gasteiger partial charge in [-0.25, -0.2) is 9.67 Å². The van der Waals surface area contributed by atoms with E-state index in [0.717, 1.165) is 34.7 Å². The first kappa shape index (κ1) is 29.9. The zero-order chi connectivity index (χ0) is 30.8. The molecule has 3 aromatic carbocycles. The van der Waals surface area contributed by atoms with E-state index in [1.165, 1.54) is 23.1 Å². The van der Waals surface area contributed by atoms with Gasteiger partial charge in [0.05, 0.1) is 12.8 Å². The summed E-state index contributed by atoms with van der Waals surface area (Å²) in [7, 11) is 1.66. The van der Waals surface area contributed by atoms with Crippen molar-refractivity contribution in [3.8, 4) is 28.6 Å². The van der Waals surface area contributed by atoms with Crippen molar-refractivity contribution in [3.05, 3.63) is 108 Å². The number of benzene rings is 3. The summed E-state index contributed by atoms with van der Waals surface area (Å²) in [6.07, 6.45) is -3.57. The van der Waals surface area contributed by atoms with Gasteiger partial charge < -0.3 is 14.8 Å². The highest BCUT2D eigenvalue weighted by molar-refractivity contribution is 7.81. The molecule has 43 heavy (non-hydrogen) atoms. The summed E-state index contributed by atoms with van der Waals surface area (Å²) in [5.74, 6) is 0.774. The molecule has 2 atom stereocenters. The average Bonchev–Trinajstić information content (AvgIpc) is 3.48. The van der Waals surface area contributed by atoms with Crippen LogP contribution in [0.4, 0.5) is 27.6 Å². The molecule has 0 bridgehead atoms. The summed E-state index contributed by atoms with van der Waals surface area (Å²) in [6.45, 7) is 2.13. The van der Waals surface area contributed by atoms with Crippen LogP contribution in [0.5, 0.6) is 11.5 Å². The highest BCUT2D eigenvalue weighted by Crippen LogP contribution is 2.39. The van der Waals surface area contributed by atoms with E-state index in [1.807, 2.05) is 54.6 Å². The lowest BCUT2D eigenvalue weighted by molar-refractivity contribution is -0.360. The molecular formula is C31H25F5N4O2S. The monoisotopic (exact) mass is 612 g/mol. The molecule has 4 aromatic rings. The van der Waals surface area contributed by atoms with Gasteiger partial charge in [0.1, 0.15) is 22.8 Å². The fourth-order valence-corrected chi connectivity index (χ4v) is 5.06. The molecule has 0 spiro atoms. The molecule has 222 valence electrons. The lowest BCUT2D eigenvalue weighted by Gasteiger charge is -2.28. The van der Waals surface area contributed by atoms with Crippen molar-refractivity contribution in [1.29, 1.82) is 0 Å². The minimum Gasteiger partial charge on any atom is -0.496 e. The molecule has 1 heterocycles. The second-order valence-corrected chi connectivity index (χ2v) is 10.1. The Kier molecular flexibility index (Phi) is 8.32. The number of rotatable bonds is 8. The number of hydrogen-bond donors (Lipinski definition) is 1. The molecule has 12 heteroatoms. The maximum atomic E-state index is 13.2. The number of nitrogens with zero attached hydrogens (tertiary/aromatic N) is 3. The first-order valence-corrected chi connectivity index (χ1v) is 13.5. The first-order valence-electron chi connectivity index (χ1n) is 13.1. The third-order valence-corrected chi connectivity index (χ3v) is 7.29. The van der Waals surface area contributed by atoms with Gasteiger partial charge in [-0.05, 0) is 66.1 Å². The van der Waals surface area contributed by atoms with Crippen LogP contribution in [0.2, 0.25) is 0 Å². The molecule has 0 saturated heterocycles. The third-order valence-electron chi connectivity index (χ3n) is 6.95. The lowest BCUT2D eigenvalue weighted by atomic mass is 9.79. The van der Waals surface area contributed by atoms with E-state index < -0.39 is 18.0 Å². The van der Waals surface area contributed by atoms with E-state index in [9.17, 15) is 22.0 Å². The molecule has 0 saturated carbocycles. The van der Waals surface area contributed by atoms with Gasteiger partial charge in [-0.3, -0.25) is 0 Å². The summed E-state index contributed by atoms with van der Waals surface area (Å²) in [6, 6.07) is 19.8. The topological polar surface area (TPSA) is 61.2 Å². The Morgan fingerprint density at radius 1 is 0.953 bits per heavy atom. The fourth-order valence-electron chi connectivity index (χ4n) is 4.69. The lowest BCUT2D eigenvalue weighted by Crippen LogP contribution is -2.41. The van der Waals surface area contributed by atoms with Crippen LogP contribution in [0, 0.1) is 5.92 Å². The van der Waals surface area contributed by atoms with Gasteiger partial charge in [-0.2, -0.15) is 22.0 Å². The van der Waals surface area contributed by atoms with Crippen molar-refractivity contribution in [1.82, 2.24) is 14.8 Å². The quantitative estimate of drug-likeness (QED) is 0.160. The summed E-state index contributed by atoms with van der Waals surface area (Å²) < 4.78 is 74.2. The van der Waals surface area contributed by atoms with Gasteiger partial charge in [0.25, 0.3) is 0 Å². The molecule has 0 amide bonds. The molecule has 0 fully saturated rings. The maximum Gasteiger partial charge on any atom is 0.499 e. The van der Waals surface area contributed by atoms with Crippen molar-refractivity contribution >= 4 is 22.9 Å². The Balaban J connectivity index is 1.23. The van der Waals surface area contributed by atoms with Gasteiger partial charge in [-0.1, -0.05) is 55.6 Å². The number of anilines is 1. The number of halogens is 5. The van der Waals surface area contributed by atoms with Crippen LogP contribution in [-0.2, 0) is 0 Å². The molecule has 1 aliphatic rings. The van der Waals surface area contributed by atoms with E-state index in [-0.39, 0.29) is 11.8 Å². The predicted octanol–water partition coefficient (Wildman–Crippen LogP) is 8.13. The molecule has 0 aliphatic heterocycles. The Morgan fingerprint density at radius 2 is 1.65 bits per heavy atom. The molecule has 6 nitrogen and oxygen atoms in total. The van der Waals surface area contributed by atoms with Crippen LogP contribution in [0.15, 0.2) is 103 Å². The SMILES string of the molecule is COc1ccccc1C1C=CC=C(C(=S)Nc2ccc(-c3ncn(-c4ccc(OC(F)(F)C(F)(F)F)cc4)n3)cc2)C1C. The van der Waals surface area contributed by atoms with E-state index in [2.05, 4.69) is 39.2 Å². The normalized spacial score (nSPS) is 16.9. The Labute approximate surface area is 249 Å². The zero-order valence-corrected chi connectivity index (χ0v) is 23.7. The van der Waals surface area contributed by atoms with Gasteiger partial charge in [0, 0.05) is 22.7 Å². The van der Waals surface area contributed by atoms with Gasteiger partial charge >= 0.3 is 12.3 Å². The maximum absolute atomic E-state index is 13.2. The molecule has 1 N–H and O–H groups in total. The molecule has 5 rings (SSSR count). The van der Waals surface area contributed by atoms with Gasteiger partial charge in [0.15, 0.2) is 5.82 Å². The first-order chi connectivity index (χ1) is 20.5. The number of thiocarbonyl (C=S) groups is 1. The number of para-hydroxylation sites is 1. The van der Waals surface area contributed by atoms with Crippen LogP contribution in [0.3, 0.4) is 0 Å². The van der Waals surface area contributed by atoms with Crippen molar-refractivity contribution in [3.63, 3.8) is 0 Å². The Morgan fingerprint density at radius 3 is 2.33 bits per heavy atom. The summed E-state index contributed by atoms with van der Waals surface area (Å²) in [4.78, 5) is 4.88. The molecule has 1 aromatic heterocycles. The number of alkyl halides is 5. The van der Waals surface area contributed by atoms with Crippen LogP contribution >= 0.6 is 12.2 Å². The second kappa shape index (κ2) is 12.0.